The molecule has 2 amide bonds. The third-order valence-electron chi connectivity index (χ3n) is 4.22. The van der Waals surface area contributed by atoms with E-state index in [0.29, 0.717) is 16.3 Å². The molecule has 1 unspecified atom stereocenters. The third kappa shape index (κ3) is 3.43. The molecule has 0 bridgehead atoms. The Morgan fingerprint density at radius 1 is 1.14 bits per heavy atom. The lowest BCUT2D eigenvalue weighted by Gasteiger charge is -2.13. The second-order valence-corrected chi connectivity index (χ2v) is 7.80. The van der Waals surface area contributed by atoms with E-state index in [0.717, 1.165) is 16.0 Å². The van der Waals surface area contributed by atoms with Crippen molar-refractivity contribution in [1.82, 2.24) is 0 Å². The number of nitrogens with one attached hydrogen (secondary N) is 1. The highest BCUT2D eigenvalue weighted by Crippen LogP contribution is 2.35. The number of allylic oxidation sites excluding steroid dienone is 1. The lowest BCUT2D eigenvalue weighted by atomic mass is 10.0. The maximum atomic E-state index is 12.6. The molecule has 3 aromatic rings. The molecule has 28 heavy (non-hydrogen) atoms. The van der Waals surface area contributed by atoms with Crippen LogP contribution in [-0.4, -0.2) is 17.5 Å². The molecule has 3 heterocycles. The molecular formula is C21H13N3O2S2. The van der Waals surface area contributed by atoms with Crippen LogP contribution in [0, 0.1) is 17.2 Å². The van der Waals surface area contributed by atoms with Crippen molar-refractivity contribution in [2.45, 2.75) is 0 Å². The molecule has 0 aliphatic carbocycles. The number of anilines is 1. The fourth-order valence-electron chi connectivity index (χ4n) is 2.84. The van der Waals surface area contributed by atoms with Gasteiger partial charge in [-0.2, -0.15) is 5.26 Å². The summed E-state index contributed by atoms with van der Waals surface area (Å²) in [6, 6.07) is 15.4. The molecule has 0 saturated carbocycles. The summed E-state index contributed by atoms with van der Waals surface area (Å²) >= 11 is 2.74. The Balaban J connectivity index is 1.54. The Morgan fingerprint density at radius 3 is 2.64 bits per heavy atom. The maximum Gasteiger partial charge on any atom is 0.262 e. The fourth-order valence-corrected chi connectivity index (χ4v) is 4.45. The van der Waals surface area contributed by atoms with E-state index in [1.54, 1.807) is 12.2 Å². The highest BCUT2D eigenvalue weighted by atomic mass is 32.1. The van der Waals surface area contributed by atoms with Crippen LogP contribution >= 0.6 is 22.7 Å². The molecule has 1 aromatic carbocycles. The highest BCUT2D eigenvalue weighted by Gasteiger charge is 2.28. The molecule has 0 radical (unpaired) electrons. The van der Waals surface area contributed by atoms with Gasteiger partial charge in [-0.05, 0) is 23.1 Å². The average Bonchev–Trinajstić information content (AvgIpc) is 3.38. The first-order valence-electron chi connectivity index (χ1n) is 8.40. The van der Waals surface area contributed by atoms with E-state index < -0.39 is 17.7 Å². The van der Waals surface area contributed by atoms with Gasteiger partial charge in [-0.1, -0.05) is 42.5 Å². The van der Waals surface area contributed by atoms with Gasteiger partial charge in [0.1, 0.15) is 17.0 Å². The van der Waals surface area contributed by atoms with Crippen molar-refractivity contribution in [2.75, 3.05) is 5.32 Å². The summed E-state index contributed by atoms with van der Waals surface area (Å²) in [6.45, 7) is 0. The van der Waals surface area contributed by atoms with Gasteiger partial charge >= 0.3 is 0 Å². The Morgan fingerprint density at radius 2 is 1.96 bits per heavy atom. The number of nitrogens with zero attached hydrogens (tertiary/aromatic N) is 2. The van der Waals surface area contributed by atoms with E-state index in [1.807, 2.05) is 53.2 Å². The maximum absolute atomic E-state index is 12.6. The second kappa shape index (κ2) is 7.72. The van der Waals surface area contributed by atoms with Crippen LogP contribution in [0.3, 0.4) is 0 Å². The summed E-state index contributed by atoms with van der Waals surface area (Å²) in [7, 11) is 0. The molecule has 2 aromatic heterocycles. The number of hydrogen-bond acceptors (Lipinski definition) is 5. The highest BCUT2D eigenvalue weighted by molar-refractivity contribution is 7.15. The van der Waals surface area contributed by atoms with Crippen molar-refractivity contribution in [3.8, 4) is 17.2 Å². The van der Waals surface area contributed by atoms with E-state index in [1.165, 1.54) is 22.7 Å². The van der Waals surface area contributed by atoms with Crippen LogP contribution in [0.1, 0.15) is 10.4 Å². The number of amides is 2. The van der Waals surface area contributed by atoms with Gasteiger partial charge < -0.3 is 5.32 Å². The number of dihydropyridines is 1. The molecule has 0 saturated heterocycles. The normalized spacial score (nSPS) is 15.8. The Hall–Kier alpha value is -3.34. The number of benzene rings is 1. The molecule has 5 nitrogen and oxygen atoms in total. The van der Waals surface area contributed by atoms with Crippen LogP contribution in [0.4, 0.5) is 5.00 Å². The first-order valence-corrected chi connectivity index (χ1v) is 10.2. The first-order chi connectivity index (χ1) is 13.7. The smallest absolute Gasteiger partial charge is 0.262 e. The monoisotopic (exact) mass is 403 g/mol. The molecule has 7 heteroatoms. The number of nitriles is 1. The zero-order chi connectivity index (χ0) is 19.5. The van der Waals surface area contributed by atoms with Crippen LogP contribution < -0.4 is 5.32 Å². The zero-order valence-electron chi connectivity index (χ0n) is 14.5. The quantitative estimate of drug-likeness (QED) is 0.652. The van der Waals surface area contributed by atoms with Crippen LogP contribution in [0.5, 0.6) is 0 Å². The lowest BCUT2D eigenvalue weighted by Crippen LogP contribution is -2.29. The summed E-state index contributed by atoms with van der Waals surface area (Å²) < 4.78 is 0. The zero-order valence-corrected chi connectivity index (χ0v) is 16.1. The van der Waals surface area contributed by atoms with Crippen molar-refractivity contribution < 1.29 is 9.59 Å². The number of hydrogen-bond donors (Lipinski definition) is 1. The van der Waals surface area contributed by atoms with Crippen molar-refractivity contribution in [3.05, 3.63) is 75.8 Å². The van der Waals surface area contributed by atoms with Gasteiger partial charge in [0.05, 0.1) is 16.2 Å². The van der Waals surface area contributed by atoms with E-state index in [4.69, 9.17) is 0 Å². The minimum absolute atomic E-state index is 0.388. The van der Waals surface area contributed by atoms with Crippen LogP contribution in [0.2, 0.25) is 0 Å². The summed E-state index contributed by atoms with van der Waals surface area (Å²) in [5.41, 5.74) is 2.60. The molecular weight excluding hydrogens is 390 g/mol. The van der Waals surface area contributed by atoms with E-state index >= 15 is 0 Å². The van der Waals surface area contributed by atoms with Crippen LogP contribution in [0.25, 0.3) is 11.1 Å². The lowest BCUT2D eigenvalue weighted by molar-refractivity contribution is -0.128. The van der Waals surface area contributed by atoms with E-state index in [9.17, 15) is 14.9 Å². The number of aliphatic imine (C=N–C) groups is 1. The average molecular weight is 403 g/mol. The van der Waals surface area contributed by atoms with Crippen LogP contribution in [0.15, 0.2) is 70.4 Å². The number of thiophene rings is 2. The van der Waals surface area contributed by atoms with Gasteiger partial charge in [0, 0.05) is 10.9 Å². The SMILES string of the molecule is N#Cc1c(-c2ccccc2)csc1NC(=O)C1C=CC(c2cccs2)=NC1=O. The number of carbonyl (C=O) groups is 2. The Kier molecular flexibility index (Phi) is 4.98. The third-order valence-corrected chi connectivity index (χ3v) is 6.01. The molecule has 136 valence electrons. The molecule has 1 aliphatic rings. The van der Waals surface area contributed by atoms with Crippen molar-refractivity contribution in [2.24, 2.45) is 10.9 Å². The largest absolute Gasteiger partial charge is 0.316 e. The van der Waals surface area contributed by atoms with Gasteiger partial charge in [0.25, 0.3) is 5.91 Å². The first kappa shape index (κ1) is 18.0. The van der Waals surface area contributed by atoms with Crippen molar-refractivity contribution in [1.29, 1.82) is 5.26 Å². The minimum Gasteiger partial charge on any atom is -0.316 e. The van der Waals surface area contributed by atoms with Gasteiger partial charge in [0.15, 0.2) is 0 Å². The predicted molar refractivity (Wildman–Crippen MR) is 112 cm³/mol. The van der Waals surface area contributed by atoms with E-state index in [2.05, 4.69) is 16.4 Å². The van der Waals surface area contributed by atoms with E-state index in [-0.39, 0.29) is 0 Å². The summed E-state index contributed by atoms with van der Waals surface area (Å²) in [6.07, 6.45) is 3.24. The van der Waals surface area contributed by atoms with Crippen LogP contribution in [-0.2, 0) is 9.59 Å². The van der Waals surface area contributed by atoms with Gasteiger partial charge in [-0.3, -0.25) is 9.59 Å². The Bertz CT molecular complexity index is 1140. The number of carbonyl (C=O) groups excluding carboxylic acids is 2. The minimum atomic E-state index is -1.00. The molecule has 1 aliphatic heterocycles. The molecule has 1 N–H and O–H groups in total. The Labute approximate surface area is 169 Å². The predicted octanol–water partition coefficient (Wildman–Crippen LogP) is 4.49. The van der Waals surface area contributed by atoms with Crippen molar-refractivity contribution >= 4 is 45.2 Å². The molecule has 0 spiro atoms. The standard InChI is InChI=1S/C21H13N3O2S2/c22-11-15-16(13-5-2-1-3-6-13)12-28-21(15)24-20(26)14-8-9-17(23-19(14)25)18-7-4-10-27-18/h1-10,12,14H,(H,24,26). The van der Waals surface area contributed by atoms with Crippen molar-refractivity contribution in [3.63, 3.8) is 0 Å². The molecule has 0 fully saturated rings. The summed E-state index contributed by atoms with van der Waals surface area (Å²) in [5.74, 6) is -2.01. The van der Waals surface area contributed by atoms with Gasteiger partial charge in [-0.25, -0.2) is 4.99 Å². The number of rotatable bonds is 4. The topological polar surface area (TPSA) is 82.3 Å². The molecule has 4 rings (SSSR count). The van der Waals surface area contributed by atoms with Gasteiger partial charge in [-0.15, -0.1) is 22.7 Å². The summed E-state index contributed by atoms with van der Waals surface area (Å²) in [4.78, 5) is 29.9. The fraction of sp³-hybridized carbons (Fsp3) is 0.0476. The second-order valence-electron chi connectivity index (χ2n) is 5.97. The summed E-state index contributed by atoms with van der Waals surface area (Å²) in [5, 5.41) is 16.5. The molecule has 1 atom stereocenters. The van der Waals surface area contributed by atoms with Gasteiger partial charge in [0.2, 0.25) is 5.91 Å².